The molecule has 0 atom stereocenters. The van der Waals surface area contributed by atoms with E-state index in [9.17, 15) is 0 Å². The van der Waals surface area contributed by atoms with Crippen molar-refractivity contribution in [3.05, 3.63) is 23.7 Å². The fourth-order valence-corrected chi connectivity index (χ4v) is 4.03. The highest BCUT2D eigenvalue weighted by Crippen LogP contribution is 2.26. The molecule has 1 aliphatic heterocycles. The first-order valence-corrected chi connectivity index (χ1v) is 8.43. The Morgan fingerprint density at radius 2 is 2.11 bits per heavy atom. The number of hydrogen-bond acceptors (Lipinski definition) is 3. The smallest absolute Gasteiger partial charge is 0.160 e. The molecular formula is C14H18ClN3S. The molecule has 0 spiro atoms. The predicted octanol–water partition coefficient (Wildman–Crippen LogP) is 3.62. The summed E-state index contributed by atoms with van der Waals surface area (Å²) in [6.45, 7) is 3.03. The lowest BCUT2D eigenvalue weighted by Gasteiger charge is -2.22. The summed E-state index contributed by atoms with van der Waals surface area (Å²) >= 11 is 8.11. The van der Waals surface area contributed by atoms with Crippen molar-refractivity contribution in [2.24, 2.45) is 5.92 Å². The van der Waals surface area contributed by atoms with E-state index in [1.165, 1.54) is 24.3 Å². The number of aromatic nitrogens is 3. The number of pyridine rings is 1. The first kappa shape index (κ1) is 13.3. The molecule has 0 N–H and O–H groups in total. The Hall–Kier alpha value is -0.740. The number of fused-ring (bicyclic) bond motifs is 1. The average Bonchev–Trinajstić information content (AvgIpc) is 2.78. The number of alkyl halides is 1. The van der Waals surface area contributed by atoms with Gasteiger partial charge in [0.05, 0.1) is 5.88 Å². The minimum absolute atomic E-state index is 0.455. The third-order valence-electron chi connectivity index (χ3n) is 3.71. The van der Waals surface area contributed by atoms with Crippen LogP contribution < -0.4 is 0 Å². The Bertz CT molecular complexity index is 575. The highest BCUT2D eigenvalue weighted by Gasteiger charge is 2.18. The van der Waals surface area contributed by atoms with Crippen LogP contribution in [0.25, 0.3) is 11.2 Å². The van der Waals surface area contributed by atoms with Gasteiger partial charge in [0.15, 0.2) is 5.65 Å². The molecule has 1 saturated heterocycles. The van der Waals surface area contributed by atoms with Crippen LogP contribution in [0, 0.1) is 12.8 Å². The highest BCUT2D eigenvalue weighted by molar-refractivity contribution is 7.99. The minimum atomic E-state index is 0.455. The van der Waals surface area contributed by atoms with Crippen LogP contribution in [0.3, 0.4) is 0 Å². The van der Waals surface area contributed by atoms with Gasteiger partial charge in [-0.15, -0.1) is 11.6 Å². The van der Waals surface area contributed by atoms with Crippen LogP contribution in [0.15, 0.2) is 12.1 Å². The monoisotopic (exact) mass is 295 g/mol. The normalized spacial score (nSPS) is 17.2. The summed E-state index contributed by atoms with van der Waals surface area (Å²) in [6.07, 6.45) is 2.58. The van der Waals surface area contributed by atoms with Gasteiger partial charge in [-0.25, -0.2) is 9.97 Å². The number of thioether (sulfide) groups is 1. The second-order valence-electron chi connectivity index (χ2n) is 5.12. The van der Waals surface area contributed by atoms with Crippen LogP contribution in [0.2, 0.25) is 0 Å². The molecule has 2 aromatic heterocycles. The maximum atomic E-state index is 6.05. The van der Waals surface area contributed by atoms with Gasteiger partial charge < -0.3 is 4.57 Å². The molecule has 0 bridgehead atoms. The van der Waals surface area contributed by atoms with Gasteiger partial charge in [0.1, 0.15) is 11.3 Å². The summed E-state index contributed by atoms with van der Waals surface area (Å²) in [5.74, 6) is 4.70. The highest BCUT2D eigenvalue weighted by atomic mass is 35.5. The van der Waals surface area contributed by atoms with Crippen LogP contribution in [-0.4, -0.2) is 26.0 Å². The van der Waals surface area contributed by atoms with E-state index < -0.39 is 0 Å². The maximum Gasteiger partial charge on any atom is 0.160 e. The van der Waals surface area contributed by atoms with Gasteiger partial charge in [0, 0.05) is 12.2 Å². The molecule has 0 radical (unpaired) electrons. The van der Waals surface area contributed by atoms with E-state index in [2.05, 4.69) is 26.3 Å². The van der Waals surface area contributed by atoms with Gasteiger partial charge in [0.2, 0.25) is 0 Å². The topological polar surface area (TPSA) is 30.7 Å². The number of rotatable bonds is 3. The summed E-state index contributed by atoms with van der Waals surface area (Å²) in [5.41, 5.74) is 2.99. The van der Waals surface area contributed by atoms with Crippen molar-refractivity contribution in [3.63, 3.8) is 0 Å². The molecule has 1 aliphatic rings. The molecule has 5 heteroatoms. The third-order valence-corrected chi connectivity index (χ3v) is 5.00. The first-order chi connectivity index (χ1) is 9.28. The SMILES string of the molecule is Cc1ccc2nc(CCl)n(CC3CCSCC3)c2n1. The molecular weight excluding hydrogens is 278 g/mol. The Labute approximate surface area is 122 Å². The summed E-state index contributed by atoms with van der Waals surface area (Å²) in [6, 6.07) is 4.05. The quantitative estimate of drug-likeness (QED) is 0.810. The van der Waals surface area contributed by atoms with Gasteiger partial charge >= 0.3 is 0 Å². The number of aryl methyl sites for hydroxylation is 1. The lowest BCUT2D eigenvalue weighted by molar-refractivity contribution is 0.416. The molecule has 3 heterocycles. The Balaban J connectivity index is 1.97. The van der Waals surface area contributed by atoms with Crippen molar-refractivity contribution in [1.29, 1.82) is 0 Å². The van der Waals surface area contributed by atoms with Gasteiger partial charge in [-0.05, 0) is 49.3 Å². The zero-order valence-electron chi connectivity index (χ0n) is 11.1. The van der Waals surface area contributed by atoms with Crippen LogP contribution >= 0.6 is 23.4 Å². The maximum absolute atomic E-state index is 6.05. The van der Waals surface area contributed by atoms with E-state index >= 15 is 0 Å². The second kappa shape index (κ2) is 5.71. The molecule has 2 aromatic rings. The standard InChI is InChI=1S/C14H18ClN3S/c1-10-2-3-12-14(16-10)18(13(8-15)17-12)9-11-4-6-19-7-5-11/h2-3,11H,4-9H2,1H3. The van der Waals surface area contributed by atoms with Crippen molar-refractivity contribution in [1.82, 2.24) is 14.5 Å². The van der Waals surface area contributed by atoms with Crippen molar-refractivity contribution in [2.75, 3.05) is 11.5 Å². The molecule has 3 nitrogen and oxygen atoms in total. The van der Waals surface area contributed by atoms with Gasteiger partial charge in [-0.2, -0.15) is 11.8 Å². The lowest BCUT2D eigenvalue weighted by Crippen LogP contribution is -2.18. The molecule has 0 saturated carbocycles. The zero-order chi connectivity index (χ0) is 13.2. The summed E-state index contributed by atoms with van der Waals surface area (Å²) in [7, 11) is 0. The molecule has 0 aromatic carbocycles. The minimum Gasteiger partial charge on any atom is -0.311 e. The number of hydrogen-bond donors (Lipinski definition) is 0. The molecule has 19 heavy (non-hydrogen) atoms. The van der Waals surface area contributed by atoms with Crippen molar-refractivity contribution >= 4 is 34.5 Å². The second-order valence-corrected chi connectivity index (χ2v) is 6.62. The van der Waals surface area contributed by atoms with E-state index in [4.69, 9.17) is 11.6 Å². The van der Waals surface area contributed by atoms with Crippen LogP contribution in [0.5, 0.6) is 0 Å². The number of imidazole rings is 1. The largest absolute Gasteiger partial charge is 0.311 e. The molecule has 0 aliphatic carbocycles. The van der Waals surface area contributed by atoms with Crippen molar-refractivity contribution in [3.8, 4) is 0 Å². The zero-order valence-corrected chi connectivity index (χ0v) is 12.7. The number of nitrogens with zero attached hydrogens (tertiary/aromatic N) is 3. The first-order valence-electron chi connectivity index (χ1n) is 6.74. The van der Waals surface area contributed by atoms with Crippen molar-refractivity contribution in [2.45, 2.75) is 32.2 Å². The van der Waals surface area contributed by atoms with E-state index in [1.54, 1.807) is 0 Å². The van der Waals surface area contributed by atoms with Gasteiger partial charge in [-0.1, -0.05) is 0 Å². The van der Waals surface area contributed by atoms with E-state index in [-0.39, 0.29) is 0 Å². The lowest BCUT2D eigenvalue weighted by atomic mass is 10.0. The van der Waals surface area contributed by atoms with Gasteiger partial charge in [0.25, 0.3) is 0 Å². The predicted molar refractivity (Wildman–Crippen MR) is 81.9 cm³/mol. The average molecular weight is 296 g/mol. The van der Waals surface area contributed by atoms with E-state index in [1.807, 2.05) is 19.1 Å². The fourth-order valence-electron chi connectivity index (χ4n) is 2.62. The van der Waals surface area contributed by atoms with Gasteiger partial charge in [-0.3, -0.25) is 0 Å². The van der Waals surface area contributed by atoms with Crippen molar-refractivity contribution < 1.29 is 0 Å². The Kier molecular flexibility index (Phi) is 3.99. The molecule has 102 valence electrons. The third kappa shape index (κ3) is 2.75. The summed E-state index contributed by atoms with van der Waals surface area (Å²) in [4.78, 5) is 9.25. The van der Waals surface area contributed by atoms with Crippen LogP contribution in [0.4, 0.5) is 0 Å². The van der Waals surface area contributed by atoms with Crippen LogP contribution in [-0.2, 0) is 12.4 Å². The van der Waals surface area contributed by atoms with Crippen LogP contribution in [0.1, 0.15) is 24.4 Å². The molecule has 0 amide bonds. The molecule has 1 fully saturated rings. The Morgan fingerprint density at radius 3 is 2.84 bits per heavy atom. The Morgan fingerprint density at radius 1 is 1.32 bits per heavy atom. The number of halogens is 1. The summed E-state index contributed by atoms with van der Waals surface area (Å²) < 4.78 is 2.23. The molecule has 3 rings (SSSR count). The van der Waals surface area contributed by atoms with E-state index in [0.717, 1.165) is 35.1 Å². The fraction of sp³-hybridized carbons (Fsp3) is 0.571. The van der Waals surface area contributed by atoms with E-state index in [0.29, 0.717) is 5.88 Å². The molecule has 0 unspecified atom stereocenters. The summed E-state index contributed by atoms with van der Waals surface area (Å²) in [5, 5.41) is 0.